The fourth-order valence-corrected chi connectivity index (χ4v) is 3.34. The molecule has 0 spiro atoms. The van der Waals surface area contributed by atoms with Gasteiger partial charge >= 0.3 is 41.7 Å². The summed E-state index contributed by atoms with van der Waals surface area (Å²) in [6.07, 6.45) is -12.6. The van der Waals surface area contributed by atoms with E-state index in [1.165, 1.54) is 42.5 Å². The maximum Gasteiger partial charge on any atom is 0.460 e. The molecule has 2 aromatic rings. The maximum absolute atomic E-state index is 14.5. The van der Waals surface area contributed by atoms with Crippen molar-refractivity contribution in [3.8, 4) is 11.1 Å². The fraction of sp³-hybridized carbons (Fsp3) is 0.455. The van der Waals surface area contributed by atoms with Gasteiger partial charge in [0, 0.05) is 13.5 Å². The number of halogens is 15. The summed E-state index contributed by atoms with van der Waals surface area (Å²) in [7, 11) is 0.617. The van der Waals surface area contributed by atoms with Crippen LogP contribution in [0.2, 0.25) is 0 Å². The van der Waals surface area contributed by atoms with Crippen molar-refractivity contribution in [2.45, 2.75) is 54.2 Å². The first-order valence-corrected chi connectivity index (χ1v) is 10.0. The third-order valence-electron chi connectivity index (χ3n) is 5.51. The number of hydrogen-bond donors (Lipinski definition) is 0. The lowest BCUT2D eigenvalue weighted by Crippen LogP contribution is -2.72. The Bertz CT molecular complexity index is 1090. The van der Waals surface area contributed by atoms with Crippen LogP contribution in [0.3, 0.4) is 0 Å². The Morgan fingerprint density at radius 2 is 0.974 bits per heavy atom. The molecule has 0 saturated carbocycles. The third-order valence-corrected chi connectivity index (χ3v) is 5.51. The number of methoxy groups -OCH3 is 1. The van der Waals surface area contributed by atoms with E-state index in [2.05, 4.69) is 4.74 Å². The highest BCUT2D eigenvalue weighted by Gasteiger charge is 2.93. The fourth-order valence-electron chi connectivity index (χ4n) is 3.34. The van der Waals surface area contributed by atoms with Gasteiger partial charge in [-0.3, -0.25) is 0 Å². The van der Waals surface area contributed by atoms with Crippen molar-refractivity contribution in [2.24, 2.45) is 0 Å². The molecule has 1 nitrogen and oxygen atoms in total. The molecule has 0 aliphatic heterocycles. The van der Waals surface area contributed by atoms with Gasteiger partial charge in [0.15, 0.2) is 0 Å². The molecule has 2 aromatic carbocycles. The predicted octanol–water partition coefficient (Wildman–Crippen LogP) is 8.81. The van der Waals surface area contributed by atoms with E-state index in [0.717, 1.165) is 12.1 Å². The third kappa shape index (κ3) is 4.79. The largest absolute Gasteiger partial charge is 0.460 e. The predicted molar refractivity (Wildman–Crippen MR) is 102 cm³/mol. The Morgan fingerprint density at radius 3 is 1.45 bits per heavy atom. The number of benzene rings is 2. The molecule has 1 atom stereocenters. The van der Waals surface area contributed by atoms with Crippen molar-refractivity contribution < 1.29 is 70.6 Å². The molecule has 0 saturated heterocycles. The molecule has 0 aliphatic rings. The summed E-state index contributed by atoms with van der Waals surface area (Å²) in [5.41, 5.74) is -0.126. The molecule has 1 unspecified atom stereocenters. The topological polar surface area (TPSA) is 9.23 Å². The minimum atomic E-state index is -8.32. The second-order valence-corrected chi connectivity index (χ2v) is 7.96. The highest BCUT2D eigenvalue weighted by molar-refractivity contribution is 5.67. The van der Waals surface area contributed by atoms with Crippen LogP contribution in [0.25, 0.3) is 11.1 Å². The zero-order chi connectivity index (χ0) is 29.6. The molecular formula is C22H15F15O. The Morgan fingerprint density at radius 1 is 0.553 bits per heavy atom. The van der Waals surface area contributed by atoms with Crippen LogP contribution in [-0.4, -0.2) is 48.8 Å². The maximum atomic E-state index is 14.5. The van der Waals surface area contributed by atoms with E-state index in [-0.39, 0.29) is 16.7 Å². The summed E-state index contributed by atoms with van der Waals surface area (Å²) in [6.45, 7) is 0. The zero-order valence-corrected chi connectivity index (χ0v) is 18.6. The quantitative estimate of drug-likeness (QED) is 0.255. The van der Waals surface area contributed by atoms with Crippen LogP contribution in [0.1, 0.15) is 18.1 Å². The molecular weight excluding hydrogens is 565 g/mol. The number of rotatable bonds is 10. The van der Waals surface area contributed by atoms with Crippen molar-refractivity contribution in [3.05, 3.63) is 60.2 Å². The summed E-state index contributed by atoms with van der Waals surface area (Å²) in [5.74, 6) is -46.7. The molecule has 0 amide bonds. The van der Waals surface area contributed by atoms with Crippen LogP contribution in [0.5, 0.6) is 0 Å². The van der Waals surface area contributed by atoms with Crippen molar-refractivity contribution in [1.82, 2.24) is 0 Å². The van der Waals surface area contributed by atoms with E-state index in [4.69, 9.17) is 0 Å². The molecule has 38 heavy (non-hydrogen) atoms. The van der Waals surface area contributed by atoms with Crippen LogP contribution in [0.15, 0.2) is 54.6 Å². The summed E-state index contributed by atoms with van der Waals surface area (Å²) >= 11 is 0. The Balaban J connectivity index is 2.55. The monoisotopic (exact) mass is 580 g/mol. The first-order chi connectivity index (χ1) is 17.0. The summed E-state index contributed by atoms with van der Waals surface area (Å²) in [6, 6.07) is 12.0. The molecule has 2 rings (SSSR count). The smallest absolute Gasteiger partial charge is 0.377 e. The molecule has 16 heteroatoms. The molecule has 0 bridgehead atoms. The zero-order valence-electron chi connectivity index (χ0n) is 18.6. The molecule has 0 fully saturated rings. The van der Waals surface area contributed by atoms with Crippen molar-refractivity contribution in [2.75, 3.05) is 7.11 Å². The average molecular weight is 580 g/mol. The van der Waals surface area contributed by atoms with E-state index < -0.39 is 54.2 Å². The van der Waals surface area contributed by atoms with Gasteiger partial charge in [0.05, 0.1) is 6.10 Å². The number of ether oxygens (including phenoxy) is 1. The molecule has 0 aromatic heterocycles. The average Bonchev–Trinajstić information content (AvgIpc) is 2.81. The second kappa shape index (κ2) is 9.83. The summed E-state index contributed by atoms with van der Waals surface area (Å²) in [4.78, 5) is 0. The number of hydrogen-bond acceptors (Lipinski definition) is 1. The van der Waals surface area contributed by atoms with Gasteiger partial charge in [-0.1, -0.05) is 54.6 Å². The van der Waals surface area contributed by atoms with Gasteiger partial charge in [-0.2, -0.15) is 65.9 Å². The van der Waals surface area contributed by atoms with E-state index >= 15 is 0 Å². The molecule has 0 radical (unpaired) electrons. The minimum absolute atomic E-state index is 0.00695. The lowest BCUT2D eigenvalue weighted by Gasteiger charge is -2.42. The van der Waals surface area contributed by atoms with Crippen molar-refractivity contribution in [3.63, 3.8) is 0 Å². The van der Waals surface area contributed by atoms with E-state index in [1.54, 1.807) is 0 Å². The van der Waals surface area contributed by atoms with Gasteiger partial charge in [0.1, 0.15) is 0 Å². The van der Waals surface area contributed by atoms with Crippen molar-refractivity contribution in [1.29, 1.82) is 0 Å². The summed E-state index contributed by atoms with van der Waals surface area (Å²) in [5, 5.41) is 0. The SMILES string of the molecule is COC(CC(F)(F)C(F)(F)C(F)(F)C(F)(F)C(F)(F)C(F)(F)C(F)(F)F)c1ccccc1-c1ccccc1. The van der Waals surface area contributed by atoms with Gasteiger partial charge in [-0.05, 0) is 16.7 Å². The van der Waals surface area contributed by atoms with Crippen LogP contribution in [0.4, 0.5) is 65.9 Å². The van der Waals surface area contributed by atoms with Gasteiger partial charge in [-0.15, -0.1) is 0 Å². The summed E-state index contributed by atoms with van der Waals surface area (Å²) < 4.78 is 207. The first kappa shape index (κ1) is 31.6. The lowest BCUT2D eigenvalue weighted by atomic mass is 9.87. The highest BCUT2D eigenvalue weighted by Crippen LogP contribution is 2.63. The standard InChI is InChI=1S/C22H15F15O/c1-38-15(14-10-6-5-9-13(14)12-7-3-2-4-8-12)11-16(23,24)17(25,26)18(27,28)19(29,30)20(31,32)21(33,34)22(35,36)37/h2-10,15H,11H2,1H3. The first-order valence-electron chi connectivity index (χ1n) is 10.0. The van der Waals surface area contributed by atoms with Gasteiger partial charge < -0.3 is 4.74 Å². The molecule has 0 heterocycles. The van der Waals surface area contributed by atoms with Gasteiger partial charge in [0.2, 0.25) is 0 Å². The molecule has 214 valence electrons. The van der Waals surface area contributed by atoms with Gasteiger partial charge in [0.25, 0.3) is 0 Å². The Hall–Kier alpha value is -2.65. The minimum Gasteiger partial charge on any atom is -0.377 e. The van der Waals surface area contributed by atoms with Crippen LogP contribution >= 0.6 is 0 Å². The Labute approximate surface area is 204 Å². The van der Waals surface area contributed by atoms with E-state index in [0.29, 0.717) is 7.11 Å². The second-order valence-electron chi connectivity index (χ2n) is 7.96. The van der Waals surface area contributed by atoms with E-state index in [9.17, 15) is 65.9 Å². The van der Waals surface area contributed by atoms with Crippen LogP contribution < -0.4 is 0 Å². The van der Waals surface area contributed by atoms with E-state index in [1.807, 2.05) is 0 Å². The highest BCUT2D eigenvalue weighted by atomic mass is 19.4. The Kier molecular flexibility index (Phi) is 8.16. The van der Waals surface area contributed by atoms with Crippen LogP contribution in [-0.2, 0) is 4.74 Å². The van der Waals surface area contributed by atoms with Crippen molar-refractivity contribution >= 4 is 0 Å². The lowest BCUT2D eigenvalue weighted by molar-refractivity contribution is -0.453. The number of alkyl halides is 15. The molecule has 0 aliphatic carbocycles. The molecule has 0 N–H and O–H groups in total. The van der Waals surface area contributed by atoms with Gasteiger partial charge in [-0.25, -0.2) is 0 Å². The normalized spacial score (nSPS) is 15.5. The van der Waals surface area contributed by atoms with Crippen LogP contribution in [0, 0.1) is 0 Å².